The molecular weight excluding hydrogens is 354 g/mol. The summed E-state index contributed by atoms with van der Waals surface area (Å²) in [6.45, 7) is 7.84. The van der Waals surface area contributed by atoms with E-state index in [4.69, 9.17) is 22.1 Å². The Morgan fingerprint density at radius 1 is 1.27 bits per heavy atom. The van der Waals surface area contributed by atoms with Crippen molar-refractivity contribution in [3.8, 4) is 11.6 Å². The third kappa shape index (κ3) is 4.26. The van der Waals surface area contributed by atoms with Crippen LogP contribution in [0.4, 0.5) is 5.69 Å². The molecule has 2 rings (SSSR count). The van der Waals surface area contributed by atoms with Crippen molar-refractivity contribution >= 4 is 23.2 Å². The number of ether oxygens (including phenoxy) is 1. The number of pyridine rings is 1. The number of rotatable bonds is 7. The average molecular weight is 378 g/mol. The number of aromatic nitrogens is 1. The zero-order chi connectivity index (χ0) is 19.4. The molecule has 0 aliphatic rings. The lowest BCUT2D eigenvalue weighted by molar-refractivity contribution is 0.0997. The molecule has 2 aromatic rings. The fraction of sp³-hybridized carbons (Fsp3) is 0.368. The van der Waals surface area contributed by atoms with Crippen LogP contribution in [-0.4, -0.2) is 29.3 Å². The van der Waals surface area contributed by atoms with Crippen LogP contribution in [-0.2, 0) is 0 Å². The molecule has 1 aromatic carbocycles. The number of halogens is 1. The van der Waals surface area contributed by atoms with Crippen molar-refractivity contribution in [3.05, 3.63) is 45.6 Å². The molecule has 0 aliphatic heterocycles. The van der Waals surface area contributed by atoms with Gasteiger partial charge in [0.05, 0.1) is 5.69 Å². The summed E-state index contributed by atoms with van der Waals surface area (Å²) >= 11 is 6.07. The van der Waals surface area contributed by atoms with Crippen molar-refractivity contribution in [1.29, 1.82) is 0 Å². The van der Waals surface area contributed by atoms with Gasteiger partial charge in [0.1, 0.15) is 18.0 Å². The van der Waals surface area contributed by atoms with Crippen LogP contribution in [0, 0.1) is 20.8 Å². The Balaban J connectivity index is 2.62. The smallest absolute Gasteiger partial charge is 0.256 e. The number of nitrogens with two attached hydrogens (primary N) is 1. The average Bonchev–Trinajstić information content (AvgIpc) is 2.54. The third-order valence-electron chi connectivity index (χ3n) is 3.97. The van der Waals surface area contributed by atoms with E-state index in [1.807, 2.05) is 20.8 Å². The van der Waals surface area contributed by atoms with Gasteiger partial charge >= 0.3 is 0 Å². The van der Waals surface area contributed by atoms with Crippen molar-refractivity contribution in [2.24, 2.45) is 5.73 Å². The van der Waals surface area contributed by atoms with Gasteiger partial charge in [-0.1, -0.05) is 18.5 Å². The second kappa shape index (κ2) is 8.38. The number of anilines is 1. The molecule has 0 radical (unpaired) electrons. The zero-order valence-corrected chi connectivity index (χ0v) is 16.2. The summed E-state index contributed by atoms with van der Waals surface area (Å²) < 4.78 is 6.00. The lowest BCUT2D eigenvalue weighted by atomic mass is 10.1. The van der Waals surface area contributed by atoms with Crippen molar-refractivity contribution < 1.29 is 14.6 Å². The standard InChI is InChI=1S/C19H24ClN3O3/c1-5-6-23(10-24)15-9-13(4)22-19(16(15)18(21)25)26-17-11(2)7-14(20)8-12(17)3/h7-9,24H,5-6,10H2,1-4H3,(H2,21,25). The first-order chi connectivity index (χ1) is 12.3. The molecule has 0 spiro atoms. The number of carbonyl (C=O) groups is 1. The van der Waals surface area contributed by atoms with E-state index in [9.17, 15) is 9.90 Å². The minimum Gasteiger partial charge on any atom is -0.438 e. The van der Waals surface area contributed by atoms with E-state index in [0.717, 1.165) is 17.5 Å². The first kappa shape index (κ1) is 20.0. The van der Waals surface area contributed by atoms with E-state index in [-0.39, 0.29) is 18.2 Å². The highest BCUT2D eigenvalue weighted by Crippen LogP contribution is 2.35. The molecule has 26 heavy (non-hydrogen) atoms. The van der Waals surface area contributed by atoms with Crippen molar-refractivity contribution in [3.63, 3.8) is 0 Å². The highest BCUT2D eigenvalue weighted by atomic mass is 35.5. The topological polar surface area (TPSA) is 88.7 Å². The molecule has 140 valence electrons. The summed E-state index contributed by atoms with van der Waals surface area (Å²) in [5.41, 5.74) is 8.57. The molecular formula is C19H24ClN3O3. The molecule has 0 saturated heterocycles. The second-order valence-corrected chi connectivity index (χ2v) is 6.64. The summed E-state index contributed by atoms with van der Waals surface area (Å²) in [5, 5.41) is 10.3. The summed E-state index contributed by atoms with van der Waals surface area (Å²) in [5.74, 6) is 0.0314. The van der Waals surface area contributed by atoms with E-state index in [1.54, 1.807) is 30.0 Å². The minimum atomic E-state index is -0.665. The molecule has 3 N–H and O–H groups in total. The highest BCUT2D eigenvalue weighted by Gasteiger charge is 2.23. The number of benzene rings is 1. The van der Waals surface area contributed by atoms with Crippen molar-refractivity contribution in [2.45, 2.75) is 34.1 Å². The van der Waals surface area contributed by atoms with E-state index in [2.05, 4.69) is 4.98 Å². The lowest BCUT2D eigenvalue weighted by Gasteiger charge is -2.25. The van der Waals surface area contributed by atoms with E-state index < -0.39 is 5.91 Å². The SMILES string of the molecule is CCCN(CO)c1cc(C)nc(Oc2c(C)cc(Cl)cc2C)c1C(N)=O. The van der Waals surface area contributed by atoms with Gasteiger partial charge < -0.3 is 20.5 Å². The van der Waals surface area contributed by atoms with E-state index in [0.29, 0.717) is 28.7 Å². The van der Waals surface area contributed by atoms with Crippen LogP contribution in [0.25, 0.3) is 0 Å². The van der Waals surface area contributed by atoms with Crippen LogP contribution < -0.4 is 15.4 Å². The fourth-order valence-corrected chi connectivity index (χ4v) is 3.20. The van der Waals surface area contributed by atoms with Crippen LogP contribution in [0.15, 0.2) is 18.2 Å². The van der Waals surface area contributed by atoms with Gasteiger partial charge in [0.15, 0.2) is 0 Å². The zero-order valence-electron chi connectivity index (χ0n) is 15.5. The van der Waals surface area contributed by atoms with Crippen LogP contribution >= 0.6 is 11.6 Å². The van der Waals surface area contributed by atoms with E-state index >= 15 is 0 Å². The maximum atomic E-state index is 12.2. The van der Waals surface area contributed by atoms with Gasteiger partial charge in [0.2, 0.25) is 5.88 Å². The van der Waals surface area contributed by atoms with Crippen LogP contribution in [0.2, 0.25) is 5.02 Å². The van der Waals surface area contributed by atoms with Gasteiger partial charge in [-0.15, -0.1) is 0 Å². The Labute approximate surface area is 158 Å². The molecule has 0 atom stereocenters. The molecule has 0 saturated carbocycles. The number of aliphatic hydroxyl groups excluding tert-OH is 1. The normalized spacial score (nSPS) is 10.7. The molecule has 1 aromatic heterocycles. The van der Waals surface area contributed by atoms with Crippen LogP contribution in [0.1, 0.15) is 40.5 Å². The Morgan fingerprint density at radius 3 is 2.38 bits per heavy atom. The van der Waals surface area contributed by atoms with Crippen molar-refractivity contribution in [1.82, 2.24) is 4.98 Å². The quantitative estimate of drug-likeness (QED) is 0.718. The monoisotopic (exact) mass is 377 g/mol. The molecule has 1 heterocycles. The van der Waals surface area contributed by atoms with Gasteiger partial charge in [-0.3, -0.25) is 4.79 Å². The predicted octanol–water partition coefficient (Wildman–Crippen LogP) is 3.72. The van der Waals surface area contributed by atoms with E-state index in [1.165, 1.54) is 0 Å². The summed E-state index contributed by atoms with van der Waals surface area (Å²) in [6.07, 6.45) is 0.797. The second-order valence-electron chi connectivity index (χ2n) is 6.20. The number of aliphatic hydroxyl groups is 1. The molecule has 0 bridgehead atoms. The first-order valence-electron chi connectivity index (χ1n) is 8.40. The van der Waals surface area contributed by atoms with Gasteiger partial charge in [-0.05, 0) is 56.5 Å². The number of hydrogen-bond donors (Lipinski definition) is 2. The van der Waals surface area contributed by atoms with Gasteiger partial charge in [-0.2, -0.15) is 0 Å². The molecule has 1 amide bonds. The maximum Gasteiger partial charge on any atom is 0.256 e. The van der Waals surface area contributed by atoms with Crippen LogP contribution in [0.3, 0.4) is 0 Å². The lowest BCUT2D eigenvalue weighted by Crippen LogP contribution is -2.29. The number of aryl methyl sites for hydroxylation is 3. The summed E-state index contributed by atoms with van der Waals surface area (Å²) in [4.78, 5) is 18.2. The summed E-state index contributed by atoms with van der Waals surface area (Å²) in [7, 11) is 0. The molecule has 0 fully saturated rings. The predicted molar refractivity (Wildman–Crippen MR) is 103 cm³/mol. The highest BCUT2D eigenvalue weighted by molar-refractivity contribution is 6.30. The maximum absolute atomic E-state index is 12.2. The van der Waals surface area contributed by atoms with Crippen molar-refractivity contribution in [2.75, 3.05) is 18.2 Å². The van der Waals surface area contributed by atoms with Gasteiger partial charge in [-0.25, -0.2) is 4.98 Å². The number of primary amides is 1. The third-order valence-corrected chi connectivity index (χ3v) is 4.19. The minimum absolute atomic E-state index is 0.121. The number of amides is 1. The fourth-order valence-electron chi connectivity index (χ4n) is 2.88. The first-order valence-corrected chi connectivity index (χ1v) is 8.78. The Hall–Kier alpha value is -2.31. The van der Waals surface area contributed by atoms with Gasteiger partial charge in [0, 0.05) is 17.3 Å². The largest absolute Gasteiger partial charge is 0.438 e. The molecule has 0 unspecified atom stereocenters. The molecule has 7 heteroatoms. The Kier molecular flexibility index (Phi) is 6.45. The number of nitrogens with zero attached hydrogens (tertiary/aromatic N) is 2. The molecule has 0 aliphatic carbocycles. The van der Waals surface area contributed by atoms with Gasteiger partial charge in [0.25, 0.3) is 5.91 Å². The Bertz CT molecular complexity index is 801. The summed E-state index contributed by atoms with van der Waals surface area (Å²) in [6, 6.07) is 5.28. The number of hydrogen-bond acceptors (Lipinski definition) is 5. The van der Waals surface area contributed by atoms with Crippen LogP contribution in [0.5, 0.6) is 11.6 Å². The molecule has 6 nitrogen and oxygen atoms in total. The number of carbonyl (C=O) groups excluding carboxylic acids is 1. The Morgan fingerprint density at radius 2 is 1.88 bits per heavy atom.